The number of carbonyl (C=O) groups is 2. The fraction of sp³-hybridized carbons (Fsp3) is 0.478. The quantitative estimate of drug-likeness (QED) is 0.616. The zero-order valence-corrected chi connectivity index (χ0v) is 18.3. The summed E-state index contributed by atoms with van der Waals surface area (Å²) in [6.45, 7) is 4.46. The molecular formula is C23H31NO7. The molecule has 0 aliphatic carbocycles. The lowest BCUT2D eigenvalue weighted by Gasteiger charge is -2.20. The van der Waals surface area contributed by atoms with E-state index < -0.39 is 30.1 Å². The van der Waals surface area contributed by atoms with E-state index in [1.54, 1.807) is 19.9 Å². The number of ketones is 1. The van der Waals surface area contributed by atoms with Crippen molar-refractivity contribution in [1.29, 1.82) is 0 Å². The molecular weight excluding hydrogens is 402 g/mol. The van der Waals surface area contributed by atoms with E-state index in [4.69, 9.17) is 9.47 Å². The van der Waals surface area contributed by atoms with Gasteiger partial charge in [-0.15, -0.1) is 0 Å². The Kier molecular flexibility index (Phi) is 8.79. The Balaban J connectivity index is 2.42. The van der Waals surface area contributed by atoms with E-state index >= 15 is 0 Å². The van der Waals surface area contributed by atoms with Gasteiger partial charge in [0.15, 0.2) is 5.78 Å². The number of cyclic esters (lactones) is 1. The average Bonchev–Trinajstić information content (AvgIpc) is 2.69. The van der Waals surface area contributed by atoms with Crippen LogP contribution in [0.15, 0.2) is 30.4 Å². The van der Waals surface area contributed by atoms with Gasteiger partial charge < -0.3 is 29.7 Å². The number of phenolic OH excluding ortho intramolecular Hbond substituents is 1. The molecule has 0 spiro atoms. The summed E-state index contributed by atoms with van der Waals surface area (Å²) in [5.41, 5.74) is 0.313. The predicted octanol–water partition coefficient (Wildman–Crippen LogP) is 1.78. The van der Waals surface area contributed by atoms with Crippen molar-refractivity contribution in [1.82, 2.24) is 4.90 Å². The van der Waals surface area contributed by atoms with Crippen LogP contribution in [-0.2, 0) is 9.53 Å². The average molecular weight is 434 g/mol. The first kappa shape index (κ1) is 24.6. The predicted molar refractivity (Wildman–Crippen MR) is 116 cm³/mol. The van der Waals surface area contributed by atoms with Gasteiger partial charge >= 0.3 is 5.97 Å². The highest BCUT2D eigenvalue weighted by Gasteiger charge is 2.25. The third-order valence-electron chi connectivity index (χ3n) is 5.06. The molecule has 1 aliphatic heterocycles. The summed E-state index contributed by atoms with van der Waals surface area (Å²) in [6.07, 6.45) is 2.21. The van der Waals surface area contributed by atoms with E-state index in [0.29, 0.717) is 24.5 Å². The molecule has 1 heterocycles. The van der Waals surface area contributed by atoms with Crippen LogP contribution in [0, 0.1) is 5.92 Å². The summed E-state index contributed by atoms with van der Waals surface area (Å²) in [7, 11) is 3.82. The Bertz CT molecular complexity index is 847. The topological polar surface area (TPSA) is 117 Å². The maximum Gasteiger partial charge on any atom is 0.342 e. The molecule has 0 amide bonds. The van der Waals surface area contributed by atoms with Gasteiger partial charge in [-0.25, -0.2) is 4.79 Å². The van der Waals surface area contributed by atoms with Crippen LogP contribution in [0.2, 0.25) is 0 Å². The van der Waals surface area contributed by atoms with E-state index in [1.165, 1.54) is 30.4 Å². The summed E-state index contributed by atoms with van der Waals surface area (Å²) < 4.78 is 11.2. The zero-order valence-electron chi connectivity index (χ0n) is 18.3. The van der Waals surface area contributed by atoms with Gasteiger partial charge in [0.25, 0.3) is 0 Å². The zero-order chi connectivity index (χ0) is 23.1. The second-order valence-corrected chi connectivity index (χ2v) is 7.94. The number of rotatable bonds is 4. The van der Waals surface area contributed by atoms with E-state index in [2.05, 4.69) is 0 Å². The largest absolute Gasteiger partial charge is 0.507 e. The van der Waals surface area contributed by atoms with E-state index in [0.717, 1.165) is 0 Å². The van der Waals surface area contributed by atoms with Gasteiger partial charge in [0.05, 0.1) is 6.10 Å². The summed E-state index contributed by atoms with van der Waals surface area (Å²) in [5, 5.41) is 30.7. The summed E-state index contributed by atoms with van der Waals surface area (Å²) in [6, 6.07) is 2.95. The standard InChI is InChI=1S/C23H31NO7/c1-14-8-9-19(26)22(28)18(25)7-5-6-16-12-17(30-11-10-24(3)4)13-20(27)21(16)23(29)31-15(14)2/h5-6,8-9,12-15,18,22,25,27-28H,7,10-11H2,1-4H3/b6-5+,9-8-/t14-,15-,18-,22-/m0/s1. The molecule has 2 rings (SSSR count). The highest BCUT2D eigenvalue weighted by atomic mass is 16.5. The van der Waals surface area contributed by atoms with Gasteiger partial charge in [0.2, 0.25) is 0 Å². The SMILES string of the molecule is C[C@@H]1OC(=O)c2c(O)cc(OCCN(C)C)cc2/C=C/C[C@H](O)[C@H](O)C(=O)/C=C\[C@@H]1C. The number of aromatic hydroxyl groups is 1. The Hall–Kier alpha value is -2.68. The number of carbonyl (C=O) groups excluding carboxylic acids is 2. The Labute approximate surface area is 182 Å². The van der Waals surface area contributed by atoms with Gasteiger partial charge in [-0.1, -0.05) is 25.2 Å². The third-order valence-corrected chi connectivity index (χ3v) is 5.06. The maximum atomic E-state index is 12.8. The smallest absolute Gasteiger partial charge is 0.342 e. The second kappa shape index (κ2) is 11.1. The van der Waals surface area contributed by atoms with Crippen LogP contribution in [0.25, 0.3) is 6.08 Å². The highest BCUT2D eigenvalue weighted by Crippen LogP contribution is 2.31. The number of nitrogens with zero attached hydrogens (tertiary/aromatic N) is 1. The first-order valence-electron chi connectivity index (χ1n) is 10.2. The molecule has 8 nitrogen and oxygen atoms in total. The fourth-order valence-electron chi connectivity index (χ4n) is 2.89. The number of aliphatic hydroxyl groups excluding tert-OH is 2. The van der Waals surface area contributed by atoms with Crippen LogP contribution < -0.4 is 4.74 Å². The summed E-state index contributed by atoms with van der Waals surface area (Å²) in [4.78, 5) is 26.8. The van der Waals surface area contributed by atoms with Crippen molar-refractivity contribution in [3.05, 3.63) is 41.5 Å². The van der Waals surface area contributed by atoms with Crippen LogP contribution in [-0.4, -0.2) is 77.5 Å². The van der Waals surface area contributed by atoms with E-state index in [9.17, 15) is 24.9 Å². The fourth-order valence-corrected chi connectivity index (χ4v) is 2.89. The number of benzene rings is 1. The lowest BCUT2D eigenvalue weighted by Crippen LogP contribution is -2.32. The molecule has 4 atom stereocenters. The number of phenols is 1. The van der Waals surface area contributed by atoms with E-state index in [1.807, 2.05) is 19.0 Å². The molecule has 0 unspecified atom stereocenters. The van der Waals surface area contributed by atoms with Gasteiger partial charge in [0, 0.05) is 18.5 Å². The Morgan fingerprint density at radius 3 is 2.55 bits per heavy atom. The molecule has 1 aromatic rings. The van der Waals surface area contributed by atoms with Crippen molar-refractivity contribution in [2.75, 3.05) is 27.2 Å². The molecule has 170 valence electrons. The Morgan fingerprint density at radius 1 is 1.16 bits per heavy atom. The van der Waals surface area contributed by atoms with Crippen LogP contribution >= 0.6 is 0 Å². The van der Waals surface area contributed by atoms with Crippen LogP contribution in [0.5, 0.6) is 11.5 Å². The number of aliphatic hydroxyl groups is 2. The molecule has 1 aromatic carbocycles. The molecule has 0 bridgehead atoms. The molecule has 1 aliphatic rings. The highest BCUT2D eigenvalue weighted by molar-refractivity contribution is 5.97. The van der Waals surface area contributed by atoms with Crippen molar-refractivity contribution < 1.29 is 34.4 Å². The first-order chi connectivity index (χ1) is 14.6. The molecule has 0 saturated carbocycles. The number of ether oxygens (including phenoxy) is 2. The normalized spacial score (nSPS) is 27.2. The lowest BCUT2D eigenvalue weighted by atomic mass is 9.99. The lowest BCUT2D eigenvalue weighted by molar-refractivity contribution is -0.127. The third kappa shape index (κ3) is 6.92. The number of hydrogen-bond donors (Lipinski definition) is 3. The van der Waals surface area contributed by atoms with Gasteiger partial charge in [-0.2, -0.15) is 0 Å². The number of hydrogen-bond acceptors (Lipinski definition) is 8. The van der Waals surface area contributed by atoms with Crippen molar-refractivity contribution in [2.45, 2.75) is 38.6 Å². The van der Waals surface area contributed by atoms with Crippen molar-refractivity contribution >= 4 is 17.8 Å². The second-order valence-electron chi connectivity index (χ2n) is 7.94. The van der Waals surface area contributed by atoms with Crippen molar-refractivity contribution in [3.63, 3.8) is 0 Å². The molecule has 0 aromatic heterocycles. The Morgan fingerprint density at radius 2 is 1.87 bits per heavy atom. The number of fused-ring (bicyclic) bond motifs is 1. The first-order valence-corrected chi connectivity index (χ1v) is 10.2. The van der Waals surface area contributed by atoms with Gasteiger partial charge in [-0.05, 0) is 45.1 Å². The molecule has 0 radical (unpaired) electrons. The molecule has 3 N–H and O–H groups in total. The van der Waals surface area contributed by atoms with Crippen LogP contribution in [0.1, 0.15) is 36.2 Å². The van der Waals surface area contributed by atoms with Gasteiger partial charge in [-0.3, -0.25) is 4.79 Å². The minimum Gasteiger partial charge on any atom is -0.507 e. The number of esters is 1. The minimum atomic E-state index is -1.57. The van der Waals surface area contributed by atoms with Crippen LogP contribution in [0.4, 0.5) is 0 Å². The van der Waals surface area contributed by atoms with Crippen molar-refractivity contribution in [2.24, 2.45) is 5.92 Å². The van der Waals surface area contributed by atoms with Crippen LogP contribution in [0.3, 0.4) is 0 Å². The minimum absolute atomic E-state index is 0.0255. The maximum absolute atomic E-state index is 12.8. The summed E-state index contributed by atoms with van der Waals surface area (Å²) in [5.74, 6) is -1.59. The van der Waals surface area contributed by atoms with Gasteiger partial charge in [0.1, 0.15) is 35.9 Å². The van der Waals surface area contributed by atoms with Crippen molar-refractivity contribution in [3.8, 4) is 11.5 Å². The number of likely N-dealkylation sites (N-methyl/N-ethyl adjacent to an activating group) is 1. The summed E-state index contributed by atoms with van der Waals surface area (Å²) >= 11 is 0. The molecule has 8 heteroatoms. The molecule has 0 fully saturated rings. The molecule has 0 saturated heterocycles. The molecule has 31 heavy (non-hydrogen) atoms. The monoisotopic (exact) mass is 433 g/mol. The van der Waals surface area contributed by atoms with E-state index in [-0.39, 0.29) is 23.7 Å².